The van der Waals surface area contributed by atoms with Gasteiger partial charge in [-0.05, 0) is 43.5 Å². The molecule has 17 heavy (non-hydrogen) atoms. The van der Waals surface area contributed by atoms with Gasteiger partial charge < -0.3 is 5.73 Å². The Morgan fingerprint density at radius 3 is 2.59 bits per heavy atom. The molecule has 1 aliphatic heterocycles. The van der Waals surface area contributed by atoms with Gasteiger partial charge in [0.2, 0.25) is 10.0 Å². The number of hydrogen-bond donors (Lipinski definition) is 1. The second kappa shape index (κ2) is 4.66. The van der Waals surface area contributed by atoms with Crippen molar-refractivity contribution in [1.82, 2.24) is 4.31 Å². The third kappa shape index (κ3) is 2.30. The van der Waals surface area contributed by atoms with Crippen molar-refractivity contribution in [3.63, 3.8) is 0 Å². The molecule has 1 heterocycles. The van der Waals surface area contributed by atoms with Crippen molar-refractivity contribution in [2.75, 3.05) is 12.3 Å². The van der Waals surface area contributed by atoms with Crippen LogP contribution in [-0.2, 0) is 10.0 Å². The van der Waals surface area contributed by atoms with Crippen LogP contribution in [0.25, 0.3) is 0 Å². The fraction of sp³-hybridized carbons (Fsp3) is 0.500. The lowest BCUT2D eigenvalue weighted by molar-refractivity contribution is 0.379. The second-order valence-corrected chi connectivity index (χ2v) is 6.28. The highest BCUT2D eigenvalue weighted by atomic mass is 32.2. The number of benzene rings is 1. The quantitative estimate of drug-likeness (QED) is 0.837. The van der Waals surface area contributed by atoms with E-state index in [2.05, 4.69) is 0 Å². The number of nitrogen functional groups attached to an aromatic ring is 1. The SMILES string of the molecule is CCC1CCCN1S(=O)(=O)c1ccc(N)cc1. The van der Waals surface area contributed by atoms with Crippen LogP contribution in [0.3, 0.4) is 0 Å². The first-order valence-corrected chi connectivity index (χ1v) is 7.37. The summed E-state index contributed by atoms with van der Waals surface area (Å²) < 4.78 is 26.4. The van der Waals surface area contributed by atoms with E-state index in [1.165, 1.54) is 0 Å². The van der Waals surface area contributed by atoms with E-state index in [9.17, 15) is 8.42 Å². The molecule has 1 saturated heterocycles. The van der Waals surface area contributed by atoms with Crippen molar-refractivity contribution in [3.8, 4) is 0 Å². The molecule has 0 saturated carbocycles. The molecule has 2 rings (SSSR count). The van der Waals surface area contributed by atoms with E-state index in [0.29, 0.717) is 17.1 Å². The van der Waals surface area contributed by atoms with Crippen LogP contribution < -0.4 is 5.73 Å². The zero-order valence-corrected chi connectivity index (χ0v) is 10.8. The molecule has 0 aliphatic carbocycles. The molecule has 0 spiro atoms. The minimum Gasteiger partial charge on any atom is -0.399 e. The normalized spacial score (nSPS) is 21.8. The average molecular weight is 254 g/mol. The van der Waals surface area contributed by atoms with Crippen LogP contribution in [0.1, 0.15) is 26.2 Å². The first kappa shape index (κ1) is 12.4. The number of sulfonamides is 1. The van der Waals surface area contributed by atoms with Gasteiger partial charge in [0.1, 0.15) is 0 Å². The lowest BCUT2D eigenvalue weighted by Gasteiger charge is -2.22. The summed E-state index contributed by atoms with van der Waals surface area (Å²) in [5.41, 5.74) is 6.15. The summed E-state index contributed by atoms with van der Waals surface area (Å²) in [6, 6.07) is 6.57. The Kier molecular flexibility index (Phi) is 3.40. The molecule has 4 nitrogen and oxygen atoms in total. The summed E-state index contributed by atoms with van der Waals surface area (Å²) in [6.07, 6.45) is 2.78. The lowest BCUT2D eigenvalue weighted by Crippen LogP contribution is -2.35. The maximum Gasteiger partial charge on any atom is 0.243 e. The van der Waals surface area contributed by atoms with Gasteiger partial charge in [-0.1, -0.05) is 6.92 Å². The average Bonchev–Trinajstić information content (AvgIpc) is 2.78. The molecule has 94 valence electrons. The van der Waals surface area contributed by atoms with E-state index in [-0.39, 0.29) is 6.04 Å². The fourth-order valence-corrected chi connectivity index (χ4v) is 4.08. The van der Waals surface area contributed by atoms with Gasteiger partial charge >= 0.3 is 0 Å². The first-order valence-electron chi connectivity index (χ1n) is 5.93. The van der Waals surface area contributed by atoms with Gasteiger partial charge in [0.05, 0.1) is 4.90 Å². The Labute approximate surface area is 102 Å². The van der Waals surface area contributed by atoms with Crippen LogP contribution in [0, 0.1) is 0 Å². The van der Waals surface area contributed by atoms with E-state index in [1.54, 1.807) is 28.6 Å². The Morgan fingerprint density at radius 1 is 1.35 bits per heavy atom. The van der Waals surface area contributed by atoms with Crippen molar-refractivity contribution in [3.05, 3.63) is 24.3 Å². The van der Waals surface area contributed by atoms with Crippen molar-refractivity contribution < 1.29 is 8.42 Å². The molecule has 2 N–H and O–H groups in total. The second-order valence-electron chi connectivity index (χ2n) is 4.39. The minimum atomic E-state index is -3.34. The maximum absolute atomic E-state index is 12.4. The molecule has 1 unspecified atom stereocenters. The summed E-state index contributed by atoms with van der Waals surface area (Å²) in [5.74, 6) is 0. The van der Waals surface area contributed by atoms with Gasteiger partial charge in [-0.2, -0.15) is 4.31 Å². The Hall–Kier alpha value is -1.07. The van der Waals surface area contributed by atoms with Crippen molar-refractivity contribution in [2.24, 2.45) is 0 Å². The van der Waals surface area contributed by atoms with E-state index >= 15 is 0 Å². The predicted molar refractivity (Wildman–Crippen MR) is 68.1 cm³/mol. The summed E-state index contributed by atoms with van der Waals surface area (Å²) >= 11 is 0. The van der Waals surface area contributed by atoms with E-state index < -0.39 is 10.0 Å². The van der Waals surface area contributed by atoms with Crippen molar-refractivity contribution in [1.29, 1.82) is 0 Å². The van der Waals surface area contributed by atoms with Gasteiger partial charge in [-0.25, -0.2) is 8.42 Å². The first-order chi connectivity index (χ1) is 8.05. The Balaban J connectivity index is 2.33. The standard InChI is InChI=1S/C12H18N2O2S/c1-2-11-4-3-9-14(11)17(15,16)12-7-5-10(13)6-8-12/h5-8,11H,2-4,9,13H2,1H3. The van der Waals surface area contributed by atoms with Gasteiger partial charge in [0.15, 0.2) is 0 Å². The molecular weight excluding hydrogens is 236 g/mol. The molecule has 0 amide bonds. The molecule has 1 atom stereocenters. The van der Waals surface area contributed by atoms with Crippen LogP contribution >= 0.6 is 0 Å². The topological polar surface area (TPSA) is 63.4 Å². The van der Waals surface area contributed by atoms with E-state index in [1.807, 2.05) is 6.92 Å². The molecule has 0 bridgehead atoms. The van der Waals surface area contributed by atoms with Crippen LogP contribution in [0.2, 0.25) is 0 Å². The molecule has 1 aromatic rings. The van der Waals surface area contributed by atoms with Crippen LogP contribution in [0.5, 0.6) is 0 Å². The number of rotatable bonds is 3. The van der Waals surface area contributed by atoms with Gasteiger partial charge in [-0.15, -0.1) is 0 Å². The monoisotopic (exact) mass is 254 g/mol. The van der Waals surface area contributed by atoms with Crippen LogP contribution in [0.15, 0.2) is 29.2 Å². The van der Waals surface area contributed by atoms with Crippen molar-refractivity contribution in [2.45, 2.75) is 37.1 Å². The van der Waals surface area contributed by atoms with Gasteiger partial charge in [-0.3, -0.25) is 0 Å². The number of nitrogens with zero attached hydrogens (tertiary/aromatic N) is 1. The third-order valence-corrected chi connectivity index (χ3v) is 5.25. The predicted octanol–water partition coefficient (Wildman–Crippen LogP) is 1.83. The minimum absolute atomic E-state index is 0.151. The fourth-order valence-electron chi connectivity index (χ4n) is 2.31. The highest BCUT2D eigenvalue weighted by Gasteiger charge is 2.33. The van der Waals surface area contributed by atoms with Gasteiger partial charge in [0.25, 0.3) is 0 Å². The zero-order valence-electron chi connectivity index (χ0n) is 9.96. The Bertz CT molecular complexity index is 482. The summed E-state index contributed by atoms with van der Waals surface area (Å²) in [4.78, 5) is 0.340. The molecule has 1 aliphatic rings. The lowest BCUT2D eigenvalue weighted by atomic mass is 10.2. The number of anilines is 1. The van der Waals surface area contributed by atoms with E-state index in [0.717, 1.165) is 19.3 Å². The number of hydrogen-bond acceptors (Lipinski definition) is 3. The van der Waals surface area contributed by atoms with E-state index in [4.69, 9.17) is 5.73 Å². The largest absolute Gasteiger partial charge is 0.399 e. The van der Waals surface area contributed by atoms with Crippen LogP contribution in [0.4, 0.5) is 5.69 Å². The third-order valence-electron chi connectivity index (χ3n) is 3.28. The zero-order chi connectivity index (χ0) is 12.5. The highest BCUT2D eigenvalue weighted by molar-refractivity contribution is 7.89. The van der Waals surface area contributed by atoms with Gasteiger partial charge in [0, 0.05) is 18.3 Å². The Morgan fingerprint density at radius 2 is 2.00 bits per heavy atom. The summed E-state index contributed by atoms with van der Waals surface area (Å²) in [5, 5.41) is 0. The molecule has 0 aromatic heterocycles. The molecule has 1 aromatic carbocycles. The van der Waals surface area contributed by atoms with Crippen molar-refractivity contribution >= 4 is 15.7 Å². The molecule has 5 heteroatoms. The maximum atomic E-state index is 12.4. The molecule has 1 fully saturated rings. The highest BCUT2D eigenvalue weighted by Crippen LogP contribution is 2.27. The smallest absolute Gasteiger partial charge is 0.243 e. The molecule has 0 radical (unpaired) electrons. The summed E-state index contributed by atoms with van der Waals surface area (Å²) in [7, 11) is -3.34. The molecular formula is C12H18N2O2S. The summed E-state index contributed by atoms with van der Waals surface area (Å²) in [6.45, 7) is 2.66. The number of nitrogens with two attached hydrogens (primary N) is 1. The van der Waals surface area contributed by atoms with Crippen LogP contribution in [-0.4, -0.2) is 25.3 Å².